The Morgan fingerprint density at radius 1 is 1.07 bits per heavy atom. The first-order valence-corrected chi connectivity index (χ1v) is 9.93. The monoisotopic (exact) mass is 407 g/mol. The van der Waals surface area contributed by atoms with E-state index in [0.29, 0.717) is 0 Å². The number of hydrogen-bond donors (Lipinski definition) is 0. The van der Waals surface area contributed by atoms with E-state index in [2.05, 4.69) is 4.98 Å². The van der Waals surface area contributed by atoms with Crippen LogP contribution in [0.5, 0.6) is 0 Å². The molecule has 0 saturated carbocycles. The molecule has 0 aliphatic carbocycles. The summed E-state index contributed by atoms with van der Waals surface area (Å²) in [6.07, 6.45) is 2.84. The van der Waals surface area contributed by atoms with Gasteiger partial charge in [0, 0.05) is 38.6 Å². The van der Waals surface area contributed by atoms with Gasteiger partial charge < -0.3 is 9.64 Å². The minimum atomic E-state index is -3.98. The number of benzene rings is 1. The van der Waals surface area contributed by atoms with Gasteiger partial charge >= 0.3 is 5.97 Å². The molecule has 1 aliphatic heterocycles. The Labute approximate surface area is 161 Å². The molecule has 2 aromatic rings. The second kappa shape index (κ2) is 8.44. The van der Waals surface area contributed by atoms with Crippen molar-refractivity contribution in [2.24, 2.45) is 0 Å². The number of halogens is 1. The van der Waals surface area contributed by atoms with E-state index in [9.17, 15) is 22.4 Å². The molecule has 0 atom stereocenters. The van der Waals surface area contributed by atoms with Crippen LogP contribution in [-0.2, 0) is 19.6 Å². The molecule has 3 rings (SSSR count). The summed E-state index contributed by atoms with van der Waals surface area (Å²) in [5.74, 6) is -1.91. The molecule has 0 bridgehead atoms. The lowest BCUT2D eigenvalue weighted by atomic mass is 10.3. The Hall–Kier alpha value is -2.85. The molecule has 1 amide bonds. The molecule has 0 radical (unpaired) electrons. The number of carbonyl (C=O) groups excluding carboxylic acids is 2. The van der Waals surface area contributed by atoms with E-state index in [0.717, 1.165) is 10.4 Å². The van der Waals surface area contributed by atoms with Gasteiger partial charge in [0.15, 0.2) is 6.61 Å². The Kier molecular flexibility index (Phi) is 6.00. The summed E-state index contributed by atoms with van der Waals surface area (Å²) in [4.78, 5) is 28.9. The molecule has 1 saturated heterocycles. The van der Waals surface area contributed by atoms with Crippen molar-refractivity contribution in [2.75, 3.05) is 32.8 Å². The van der Waals surface area contributed by atoms with Crippen LogP contribution in [0.15, 0.2) is 53.7 Å². The lowest BCUT2D eigenvalue weighted by molar-refractivity contribution is -0.135. The summed E-state index contributed by atoms with van der Waals surface area (Å²) in [6, 6.07) is 8.26. The second-order valence-corrected chi connectivity index (χ2v) is 7.94. The standard InChI is InChI=1S/C18H18FN3O5S/c19-15-5-1-2-6-16(15)28(25,26)22-10-8-21(9-11-22)17(23)13-27-18(24)14-4-3-7-20-12-14/h1-7,12H,8-11,13H2. The van der Waals surface area contributed by atoms with Gasteiger partial charge in [-0.05, 0) is 24.3 Å². The van der Waals surface area contributed by atoms with Crippen molar-refractivity contribution in [3.05, 3.63) is 60.2 Å². The van der Waals surface area contributed by atoms with Crippen LogP contribution in [0.3, 0.4) is 0 Å². The molecule has 1 aromatic carbocycles. The van der Waals surface area contributed by atoms with Crippen LogP contribution in [0.2, 0.25) is 0 Å². The highest BCUT2D eigenvalue weighted by atomic mass is 32.2. The second-order valence-electron chi connectivity index (χ2n) is 6.03. The molecule has 148 valence electrons. The highest BCUT2D eigenvalue weighted by Gasteiger charge is 2.31. The predicted molar refractivity (Wildman–Crippen MR) is 96.3 cm³/mol. The average Bonchev–Trinajstić information content (AvgIpc) is 2.72. The van der Waals surface area contributed by atoms with Gasteiger partial charge in [-0.1, -0.05) is 12.1 Å². The summed E-state index contributed by atoms with van der Waals surface area (Å²) in [6.45, 7) is -0.153. The highest BCUT2D eigenvalue weighted by Crippen LogP contribution is 2.20. The SMILES string of the molecule is O=C(OCC(=O)N1CCN(S(=O)(=O)c2ccccc2F)CC1)c1cccnc1. The average molecular weight is 407 g/mol. The number of rotatable bonds is 5. The Bertz CT molecular complexity index is 960. The summed E-state index contributed by atoms with van der Waals surface area (Å²) in [5, 5.41) is 0. The molecule has 2 heterocycles. The fourth-order valence-electron chi connectivity index (χ4n) is 2.76. The van der Waals surface area contributed by atoms with Gasteiger partial charge in [0.1, 0.15) is 10.7 Å². The zero-order valence-corrected chi connectivity index (χ0v) is 15.6. The Balaban J connectivity index is 1.54. The van der Waals surface area contributed by atoms with Crippen LogP contribution in [-0.4, -0.2) is 67.3 Å². The number of hydrogen-bond acceptors (Lipinski definition) is 6. The lowest BCUT2D eigenvalue weighted by Gasteiger charge is -2.33. The van der Waals surface area contributed by atoms with Gasteiger partial charge in [-0.2, -0.15) is 4.31 Å². The van der Waals surface area contributed by atoms with Crippen LogP contribution in [0, 0.1) is 5.82 Å². The minimum absolute atomic E-state index is 0.0267. The zero-order chi connectivity index (χ0) is 20.1. The van der Waals surface area contributed by atoms with Crippen LogP contribution in [0.25, 0.3) is 0 Å². The van der Waals surface area contributed by atoms with Crippen LogP contribution in [0.4, 0.5) is 4.39 Å². The molecule has 0 unspecified atom stereocenters. The molecule has 8 nitrogen and oxygen atoms in total. The van der Waals surface area contributed by atoms with Gasteiger partial charge in [-0.15, -0.1) is 0 Å². The maximum absolute atomic E-state index is 13.8. The Morgan fingerprint density at radius 2 is 1.79 bits per heavy atom. The summed E-state index contributed by atoms with van der Waals surface area (Å²) >= 11 is 0. The number of sulfonamides is 1. The number of pyridine rings is 1. The quantitative estimate of drug-likeness (QED) is 0.684. The Morgan fingerprint density at radius 3 is 2.43 bits per heavy atom. The summed E-state index contributed by atoms with van der Waals surface area (Å²) < 4.78 is 45.1. The van der Waals surface area contributed by atoms with Crippen molar-refractivity contribution in [2.45, 2.75) is 4.90 Å². The van der Waals surface area contributed by atoms with E-state index in [1.807, 2.05) is 0 Å². The molecule has 28 heavy (non-hydrogen) atoms. The normalized spacial score (nSPS) is 15.2. The van der Waals surface area contributed by atoms with Crippen LogP contribution < -0.4 is 0 Å². The fourth-order valence-corrected chi connectivity index (χ4v) is 4.24. The maximum Gasteiger partial charge on any atom is 0.340 e. The van der Waals surface area contributed by atoms with Crippen LogP contribution in [0.1, 0.15) is 10.4 Å². The third-order valence-corrected chi connectivity index (χ3v) is 6.20. The lowest BCUT2D eigenvalue weighted by Crippen LogP contribution is -2.51. The van der Waals surface area contributed by atoms with Crippen molar-refractivity contribution < 1.29 is 27.1 Å². The van der Waals surface area contributed by atoms with Crippen molar-refractivity contribution in [1.82, 2.24) is 14.2 Å². The van der Waals surface area contributed by atoms with Gasteiger partial charge in [-0.25, -0.2) is 17.6 Å². The zero-order valence-electron chi connectivity index (χ0n) is 14.8. The number of esters is 1. The van der Waals surface area contributed by atoms with E-state index in [-0.39, 0.29) is 36.6 Å². The van der Waals surface area contributed by atoms with Crippen molar-refractivity contribution >= 4 is 21.9 Å². The van der Waals surface area contributed by atoms with E-state index in [1.165, 1.54) is 41.6 Å². The number of ether oxygens (including phenoxy) is 1. The first-order valence-electron chi connectivity index (χ1n) is 8.49. The highest BCUT2D eigenvalue weighted by molar-refractivity contribution is 7.89. The molecular formula is C18H18FN3O5S. The first-order chi connectivity index (χ1) is 13.4. The van der Waals surface area contributed by atoms with E-state index >= 15 is 0 Å². The fraction of sp³-hybridized carbons (Fsp3) is 0.278. The van der Waals surface area contributed by atoms with Crippen LogP contribution >= 0.6 is 0 Å². The van der Waals surface area contributed by atoms with Gasteiger partial charge in [0.2, 0.25) is 10.0 Å². The number of nitrogens with zero attached hydrogens (tertiary/aromatic N) is 3. The number of amides is 1. The van der Waals surface area contributed by atoms with E-state index in [4.69, 9.17) is 4.74 Å². The molecule has 0 spiro atoms. The number of carbonyl (C=O) groups is 2. The predicted octanol–water partition coefficient (Wildman–Crippen LogP) is 0.911. The first kappa shape index (κ1) is 19.9. The van der Waals surface area contributed by atoms with Crippen molar-refractivity contribution in [3.8, 4) is 0 Å². The number of piperazine rings is 1. The molecule has 10 heteroatoms. The topological polar surface area (TPSA) is 96.9 Å². The third-order valence-electron chi connectivity index (χ3n) is 4.27. The molecule has 0 N–H and O–H groups in total. The smallest absolute Gasteiger partial charge is 0.340 e. The molecule has 1 aliphatic rings. The molecular weight excluding hydrogens is 389 g/mol. The van der Waals surface area contributed by atoms with Crippen molar-refractivity contribution in [3.63, 3.8) is 0 Å². The summed E-state index contributed by atoms with van der Waals surface area (Å²) in [5.41, 5.74) is 0.233. The molecule has 1 aromatic heterocycles. The maximum atomic E-state index is 13.8. The summed E-state index contributed by atoms with van der Waals surface area (Å²) in [7, 11) is -3.98. The van der Waals surface area contributed by atoms with Gasteiger partial charge in [-0.3, -0.25) is 9.78 Å². The van der Waals surface area contributed by atoms with Crippen molar-refractivity contribution in [1.29, 1.82) is 0 Å². The van der Waals surface area contributed by atoms with Gasteiger partial charge in [0.25, 0.3) is 5.91 Å². The third kappa shape index (κ3) is 4.34. The minimum Gasteiger partial charge on any atom is -0.452 e. The van der Waals surface area contributed by atoms with Gasteiger partial charge in [0.05, 0.1) is 5.56 Å². The number of aromatic nitrogens is 1. The van der Waals surface area contributed by atoms with E-state index < -0.39 is 34.3 Å². The largest absolute Gasteiger partial charge is 0.452 e. The molecule has 1 fully saturated rings. The van der Waals surface area contributed by atoms with E-state index in [1.54, 1.807) is 6.07 Å².